The Morgan fingerprint density at radius 1 is 0.846 bits per heavy atom. The summed E-state index contributed by atoms with van der Waals surface area (Å²) >= 11 is -10.9. The number of nitrogens with one attached hydrogen (secondary N) is 1. The molecule has 0 saturated heterocycles. The Morgan fingerprint density at radius 3 is 1.23 bits per heavy atom. The van der Waals surface area contributed by atoms with Gasteiger partial charge in [-0.25, -0.2) is 4.98 Å². The first-order valence-corrected chi connectivity index (χ1v) is 8.20. The van der Waals surface area contributed by atoms with Gasteiger partial charge >= 0.3 is 36.6 Å². The molecule has 2 nitrogen and oxygen atoms in total. The monoisotopic (exact) mass is 321 g/mol. The Morgan fingerprint density at radius 2 is 1.15 bits per heavy atom. The van der Waals surface area contributed by atoms with Gasteiger partial charge < -0.3 is 0 Å². The molecule has 0 aromatic carbocycles. The molecule has 1 rings (SSSR count). The van der Waals surface area contributed by atoms with Gasteiger partial charge in [0.05, 0.1) is 0 Å². The zero-order valence-electron chi connectivity index (χ0n) is 6.09. The van der Waals surface area contributed by atoms with E-state index in [4.69, 9.17) is 3.47 Å². The standard InChI is InChI=1S/C5H5N.F5HOTe/c1-2-4-6-5-3-1;1-7(2,3,4,5)6/h1-5H;6H. The van der Waals surface area contributed by atoms with E-state index >= 15 is 0 Å². The molecule has 1 N–H and O–H groups in total. The van der Waals surface area contributed by atoms with Gasteiger partial charge in [0, 0.05) is 12.1 Å². The molecule has 0 atom stereocenters. The van der Waals surface area contributed by atoms with Gasteiger partial charge in [-0.05, 0) is 0 Å². The van der Waals surface area contributed by atoms with Crippen LogP contribution in [0.25, 0.3) is 0 Å². The van der Waals surface area contributed by atoms with Crippen molar-refractivity contribution in [3.8, 4) is 0 Å². The smallest absolute Gasteiger partial charge is 0.166 e. The minimum atomic E-state index is -10.9. The van der Waals surface area contributed by atoms with Crippen LogP contribution >= 0.6 is 0 Å². The van der Waals surface area contributed by atoms with Crippen molar-refractivity contribution in [1.29, 1.82) is 0 Å². The van der Waals surface area contributed by atoms with Crippen LogP contribution < -0.4 is 8.45 Å². The average molecular weight is 319 g/mol. The number of H-pyrrole nitrogens is 1. The van der Waals surface area contributed by atoms with Crippen molar-refractivity contribution in [1.82, 2.24) is 0 Å². The molecule has 0 aliphatic rings. The predicted molar refractivity (Wildman–Crippen MR) is 34.3 cm³/mol. The third-order valence-corrected chi connectivity index (χ3v) is 0.607. The van der Waals surface area contributed by atoms with Gasteiger partial charge in [0.2, 0.25) is 0 Å². The fourth-order valence-electron chi connectivity index (χ4n) is 0.342. The molecular formula is C5H6F5NOTe. The maximum absolute atomic E-state index is 10.9. The molecule has 0 bridgehead atoms. The van der Waals surface area contributed by atoms with Gasteiger partial charge in [-0.2, -0.15) is 0 Å². The van der Waals surface area contributed by atoms with Crippen LogP contribution in [0.2, 0.25) is 0 Å². The molecule has 8 heteroatoms. The molecule has 0 saturated carbocycles. The summed E-state index contributed by atoms with van der Waals surface area (Å²) in [6.45, 7) is 0. The average Bonchev–Trinajstić information content (AvgIpc) is 1.84. The number of aromatic nitrogens is 1. The van der Waals surface area contributed by atoms with Crippen molar-refractivity contribution in [2.45, 2.75) is 0 Å². The summed E-state index contributed by atoms with van der Waals surface area (Å²) in [5, 5.41) is 0. The number of aromatic amines is 1. The summed E-state index contributed by atoms with van der Waals surface area (Å²) in [5.41, 5.74) is 0. The molecule has 0 amide bonds. The number of hydrogen-bond acceptors (Lipinski definition) is 1. The van der Waals surface area contributed by atoms with Crippen LogP contribution in [0.4, 0.5) is 14.5 Å². The zero-order chi connectivity index (χ0) is 10.7. The zero-order valence-corrected chi connectivity index (χ0v) is 8.42. The molecule has 0 aliphatic heterocycles. The van der Waals surface area contributed by atoms with Gasteiger partial charge in [-0.1, -0.05) is 6.07 Å². The van der Waals surface area contributed by atoms with Crippen molar-refractivity contribution in [2.75, 3.05) is 0 Å². The molecule has 0 fully saturated rings. The maximum atomic E-state index is 10.0. The number of halogens is 5. The molecule has 1 aromatic heterocycles. The van der Waals surface area contributed by atoms with Crippen LogP contribution in [-0.4, -0.2) is 18.7 Å². The Hall–Kier alpha value is -0.450. The third kappa shape index (κ3) is 34.2. The van der Waals surface area contributed by atoms with Gasteiger partial charge in [0.25, 0.3) is 0 Å². The number of rotatable bonds is 0. The van der Waals surface area contributed by atoms with E-state index in [-0.39, 0.29) is 0 Å². The molecule has 1 aromatic rings. The van der Waals surface area contributed by atoms with E-state index in [0.29, 0.717) is 0 Å². The molecule has 78 valence electrons. The summed E-state index contributed by atoms with van der Waals surface area (Å²) in [6, 6.07) is 5.86. The summed E-state index contributed by atoms with van der Waals surface area (Å²) in [6.07, 6.45) is 3.75. The topological polar surface area (TPSA) is 37.2 Å². The second-order valence-corrected chi connectivity index (χ2v) is 7.10. The van der Waals surface area contributed by atoms with Crippen LogP contribution in [0.15, 0.2) is 30.6 Å². The summed E-state index contributed by atoms with van der Waals surface area (Å²) in [7, 11) is 0. The molecular weight excluding hydrogens is 313 g/mol. The van der Waals surface area contributed by atoms with Crippen molar-refractivity contribution < 1.29 is 22.9 Å². The number of pyridine rings is 1. The van der Waals surface area contributed by atoms with E-state index in [1.807, 2.05) is 30.6 Å². The van der Waals surface area contributed by atoms with Crippen LogP contribution in [0.5, 0.6) is 0 Å². The van der Waals surface area contributed by atoms with Gasteiger partial charge in [0.1, 0.15) is 0 Å². The van der Waals surface area contributed by atoms with Crippen molar-refractivity contribution in [3.63, 3.8) is 0 Å². The molecule has 1 heterocycles. The molecule has 0 radical (unpaired) electrons. The van der Waals surface area contributed by atoms with Crippen molar-refractivity contribution in [2.24, 2.45) is 0 Å². The van der Waals surface area contributed by atoms with E-state index in [1.54, 1.807) is 0 Å². The maximum Gasteiger partial charge on any atom is 0.166 e. The minimum Gasteiger partial charge on any atom is -0.218 e. The Kier molecular flexibility index (Phi) is 2.94. The second-order valence-electron chi connectivity index (χ2n) is 1.98. The van der Waals surface area contributed by atoms with Gasteiger partial charge in [-0.15, -0.1) is 0 Å². The normalized spacial score (nSPS) is 16.2. The van der Waals surface area contributed by atoms with Gasteiger partial charge in [-0.3, -0.25) is 0 Å². The summed E-state index contributed by atoms with van der Waals surface area (Å²) in [4.78, 5) is 2.89. The number of hydrogen-bond donors (Lipinski definition) is 0. The molecule has 13 heavy (non-hydrogen) atoms. The van der Waals surface area contributed by atoms with Gasteiger partial charge in [0.15, 0.2) is 12.4 Å². The van der Waals surface area contributed by atoms with Crippen molar-refractivity contribution >= 4 is 18.7 Å². The Balaban J connectivity index is 0.000000223. The largest absolute Gasteiger partial charge is 0.218 e. The van der Waals surface area contributed by atoms with E-state index in [0.717, 1.165) is 0 Å². The SMILES string of the molecule is [O-][Te](F)(F)(F)(F)F.c1cc[nH+]cc1. The van der Waals surface area contributed by atoms with E-state index in [1.165, 1.54) is 0 Å². The molecule has 0 aliphatic carbocycles. The van der Waals surface area contributed by atoms with E-state index in [2.05, 4.69) is 4.98 Å². The Bertz CT molecular complexity index is 217. The molecule has 0 spiro atoms. The van der Waals surface area contributed by atoms with E-state index < -0.39 is 18.7 Å². The van der Waals surface area contributed by atoms with Crippen LogP contribution in [0.3, 0.4) is 0 Å². The first-order valence-electron chi connectivity index (χ1n) is 2.85. The first-order chi connectivity index (χ1) is 5.45. The summed E-state index contributed by atoms with van der Waals surface area (Å²) < 4.78 is 58.3. The fraction of sp³-hybridized carbons (Fsp3) is 0. The quantitative estimate of drug-likeness (QED) is 0.520. The summed E-state index contributed by atoms with van der Waals surface area (Å²) in [5.74, 6) is 0. The third-order valence-electron chi connectivity index (χ3n) is 0.607. The predicted octanol–water partition coefficient (Wildman–Crippen LogP) is 1.03. The van der Waals surface area contributed by atoms with E-state index in [9.17, 15) is 14.5 Å². The van der Waals surface area contributed by atoms with Crippen LogP contribution in [-0.2, 0) is 0 Å². The second kappa shape index (κ2) is 3.04. The minimum absolute atomic E-state index is 1.88. The van der Waals surface area contributed by atoms with Crippen LogP contribution in [0, 0.1) is 0 Å². The fourth-order valence-corrected chi connectivity index (χ4v) is 0.342. The first kappa shape index (κ1) is 12.5. The Labute approximate surface area is 72.6 Å². The molecule has 0 unspecified atom stereocenters. The van der Waals surface area contributed by atoms with Crippen molar-refractivity contribution in [3.05, 3.63) is 30.6 Å². The van der Waals surface area contributed by atoms with Crippen LogP contribution in [0.1, 0.15) is 0 Å².